The molecule has 1 fully saturated rings. The van der Waals surface area contributed by atoms with Gasteiger partial charge in [0.25, 0.3) is 0 Å². The van der Waals surface area contributed by atoms with Gasteiger partial charge in [0.1, 0.15) is 23.0 Å². The lowest BCUT2D eigenvalue weighted by Gasteiger charge is -2.21. The first kappa shape index (κ1) is 16.1. The first-order valence-electron chi connectivity index (χ1n) is 8.13. The summed E-state index contributed by atoms with van der Waals surface area (Å²) < 4.78 is 5.54. The predicted molar refractivity (Wildman–Crippen MR) is 97.7 cm³/mol. The Kier molecular flexibility index (Phi) is 4.76. The highest BCUT2D eigenvalue weighted by molar-refractivity contribution is 7.99. The zero-order chi connectivity index (χ0) is 16.3. The van der Waals surface area contributed by atoms with Gasteiger partial charge in [-0.2, -0.15) is 0 Å². The van der Waals surface area contributed by atoms with Crippen molar-refractivity contribution in [3.63, 3.8) is 0 Å². The normalized spacial score (nSPS) is 15.6. The molecule has 0 spiro atoms. The number of carbonyl (C=O) groups excluding carboxylic acids is 1. The van der Waals surface area contributed by atoms with Gasteiger partial charge in [-0.3, -0.25) is 4.79 Å². The molecule has 23 heavy (non-hydrogen) atoms. The van der Waals surface area contributed by atoms with E-state index >= 15 is 0 Å². The van der Waals surface area contributed by atoms with Crippen LogP contribution in [0.2, 0.25) is 0 Å². The highest BCUT2D eigenvalue weighted by atomic mass is 32.2. The molecular formula is C20H23O2S+. The zero-order valence-electron chi connectivity index (χ0n) is 13.7. The molecule has 0 aromatic heterocycles. The van der Waals surface area contributed by atoms with Crippen LogP contribution in [0.3, 0.4) is 0 Å². The summed E-state index contributed by atoms with van der Waals surface area (Å²) in [6, 6.07) is 17.2. The summed E-state index contributed by atoms with van der Waals surface area (Å²) in [6.45, 7) is 4.22. The molecule has 0 atom stereocenters. The Morgan fingerprint density at radius 1 is 0.913 bits per heavy atom. The van der Waals surface area contributed by atoms with Gasteiger partial charge >= 0.3 is 0 Å². The van der Waals surface area contributed by atoms with E-state index in [0.717, 1.165) is 17.1 Å². The van der Waals surface area contributed by atoms with Gasteiger partial charge in [0, 0.05) is 16.5 Å². The van der Waals surface area contributed by atoms with Crippen LogP contribution in [0.4, 0.5) is 0 Å². The van der Waals surface area contributed by atoms with Crippen molar-refractivity contribution in [3.8, 4) is 11.5 Å². The number of ketones is 1. The Morgan fingerprint density at radius 2 is 1.48 bits per heavy atom. The van der Waals surface area contributed by atoms with E-state index in [9.17, 15) is 4.79 Å². The molecule has 0 unspecified atom stereocenters. The van der Waals surface area contributed by atoms with E-state index in [1.54, 1.807) is 0 Å². The molecule has 1 aliphatic rings. The Bertz CT molecular complexity index is 656. The van der Waals surface area contributed by atoms with Gasteiger partial charge in [0.2, 0.25) is 5.78 Å². The summed E-state index contributed by atoms with van der Waals surface area (Å²) >= 11 is 0. The lowest BCUT2D eigenvalue weighted by Crippen LogP contribution is -2.41. The quantitative estimate of drug-likeness (QED) is 0.579. The number of rotatable bonds is 5. The Balaban J connectivity index is 1.72. The maximum absolute atomic E-state index is 12.9. The summed E-state index contributed by atoms with van der Waals surface area (Å²) in [5.41, 5.74) is 0.787. The molecule has 1 heterocycles. The number of Topliss-reactive ketones (excluding diaryl/α,β-unsaturated/α-hetero) is 1. The topological polar surface area (TPSA) is 26.3 Å². The van der Waals surface area contributed by atoms with Crippen LogP contribution in [-0.2, 0) is 10.9 Å². The first-order valence-corrected chi connectivity index (χ1v) is 9.69. The summed E-state index contributed by atoms with van der Waals surface area (Å²) in [7, 11) is 0.214. The van der Waals surface area contributed by atoms with E-state index in [0.29, 0.717) is 0 Å². The van der Waals surface area contributed by atoms with Gasteiger partial charge in [0.05, 0.1) is 0 Å². The van der Waals surface area contributed by atoms with Crippen molar-refractivity contribution in [2.75, 3.05) is 11.5 Å². The Morgan fingerprint density at radius 3 is 2.09 bits per heavy atom. The second kappa shape index (κ2) is 6.79. The minimum absolute atomic E-state index is 0.214. The molecular weight excluding hydrogens is 304 g/mol. The van der Waals surface area contributed by atoms with Gasteiger partial charge in [-0.15, -0.1) is 0 Å². The number of benzene rings is 2. The van der Waals surface area contributed by atoms with Crippen molar-refractivity contribution >= 4 is 16.7 Å². The molecule has 2 aromatic carbocycles. The molecule has 0 amide bonds. The van der Waals surface area contributed by atoms with Crippen LogP contribution < -0.4 is 4.74 Å². The SMILES string of the molecule is CC(C)(C(=O)c1ccc(Oc2ccccc2)cc1)[S+]1CCCC1. The summed E-state index contributed by atoms with van der Waals surface area (Å²) in [5.74, 6) is 4.23. The molecule has 0 aliphatic carbocycles. The van der Waals surface area contributed by atoms with Gasteiger partial charge in [-0.1, -0.05) is 18.2 Å². The minimum Gasteiger partial charge on any atom is -0.457 e. The number of hydrogen-bond donors (Lipinski definition) is 0. The molecule has 1 saturated heterocycles. The van der Waals surface area contributed by atoms with Gasteiger partial charge in [0.15, 0.2) is 4.75 Å². The van der Waals surface area contributed by atoms with Crippen molar-refractivity contribution in [2.24, 2.45) is 0 Å². The van der Waals surface area contributed by atoms with Gasteiger partial charge < -0.3 is 4.74 Å². The number of para-hydroxylation sites is 1. The monoisotopic (exact) mass is 327 g/mol. The standard InChI is InChI=1S/C20H23O2S/c1-20(2,23-14-6-7-15-23)19(21)16-10-12-18(13-11-16)22-17-8-4-3-5-9-17/h3-5,8-13H,6-7,14-15H2,1-2H3/q+1. The molecule has 0 N–H and O–H groups in total. The Labute approximate surface area is 141 Å². The lowest BCUT2D eigenvalue weighted by molar-refractivity contribution is 0.0956. The molecule has 3 heteroatoms. The van der Waals surface area contributed by atoms with Crippen LogP contribution in [0, 0.1) is 0 Å². The van der Waals surface area contributed by atoms with Gasteiger partial charge in [-0.05, 0) is 63.1 Å². The minimum atomic E-state index is -0.252. The van der Waals surface area contributed by atoms with Crippen LogP contribution in [0.15, 0.2) is 54.6 Å². The van der Waals surface area contributed by atoms with Gasteiger partial charge in [-0.25, -0.2) is 0 Å². The van der Waals surface area contributed by atoms with Crippen molar-refractivity contribution < 1.29 is 9.53 Å². The van der Waals surface area contributed by atoms with Crippen LogP contribution in [0.1, 0.15) is 37.0 Å². The maximum atomic E-state index is 12.9. The summed E-state index contributed by atoms with van der Waals surface area (Å²) in [5, 5.41) is 0. The van der Waals surface area contributed by atoms with E-state index in [1.807, 2.05) is 54.6 Å². The number of carbonyl (C=O) groups is 1. The summed E-state index contributed by atoms with van der Waals surface area (Å²) in [6.07, 6.45) is 2.54. The first-order chi connectivity index (χ1) is 11.1. The van der Waals surface area contributed by atoms with E-state index < -0.39 is 0 Å². The van der Waals surface area contributed by atoms with E-state index in [4.69, 9.17) is 4.74 Å². The third-order valence-electron chi connectivity index (χ3n) is 4.40. The average molecular weight is 327 g/mol. The fourth-order valence-electron chi connectivity index (χ4n) is 2.94. The molecule has 0 saturated carbocycles. The smallest absolute Gasteiger partial charge is 0.217 e. The second-order valence-corrected chi connectivity index (χ2v) is 9.21. The molecule has 2 nitrogen and oxygen atoms in total. The molecule has 120 valence electrons. The average Bonchev–Trinajstić information content (AvgIpc) is 3.11. The van der Waals surface area contributed by atoms with Crippen LogP contribution >= 0.6 is 0 Å². The van der Waals surface area contributed by atoms with Crippen molar-refractivity contribution in [3.05, 3.63) is 60.2 Å². The predicted octanol–water partition coefficient (Wildman–Crippen LogP) is 4.85. The fourth-order valence-corrected chi connectivity index (χ4v) is 5.65. The van der Waals surface area contributed by atoms with E-state index in [2.05, 4.69) is 13.8 Å². The van der Waals surface area contributed by atoms with Crippen molar-refractivity contribution in [1.82, 2.24) is 0 Å². The van der Waals surface area contributed by atoms with Crippen molar-refractivity contribution in [2.45, 2.75) is 31.4 Å². The third kappa shape index (κ3) is 3.61. The largest absolute Gasteiger partial charge is 0.457 e. The zero-order valence-corrected chi connectivity index (χ0v) is 14.6. The number of ether oxygens (including phenoxy) is 1. The molecule has 0 radical (unpaired) electrons. The highest BCUT2D eigenvalue weighted by Gasteiger charge is 2.46. The highest BCUT2D eigenvalue weighted by Crippen LogP contribution is 2.31. The lowest BCUT2D eigenvalue weighted by atomic mass is 10.0. The fraction of sp³-hybridized carbons (Fsp3) is 0.350. The summed E-state index contributed by atoms with van der Waals surface area (Å²) in [4.78, 5) is 12.9. The number of hydrogen-bond acceptors (Lipinski definition) is 2. The third-order valence-corrected chi connectivity index (χ3v) is 7.59. The molecule has 1 aliphatic heterocycles. The van der Waals surface area contributed by atoms with Crippen molar-refractivity contribution in [1.29, 1.82) is 0 Å². The van der Waals surface area contributed by atoms with Crippen LogP contribution in [-0.4, -0.2) is 22.0 Å². The molecule has 2 aromatic rings. The van der Waals surface area contributed by atoms with Crippen LogP contribution in [0.25, 0.3) is 0 Å². The maximum Gasteiger partial charge on any atom is 0.217 e. The second-order valence-electron chi connectivity index (χ2n) is 6.39. The molecule has 0 bridgehead atoms. The molecule has 3 rings (SSSR count). The Hall–Kier alpha value is -1.74. The van der Waals surface area contributed by atoms with Crippen LogP contribution in [0.5, 0.6) is 11.5 Å². The van der Waals surface area contributed by atoms with E-state index in [1.165, 1.54) is 24.3 Å². The van der Waals surface area contributed by atoms with E-state index in [-0.39, 0.29) is 21.4 Å².